The third-order valence-electron chi connectivity index (χ3n) is 3.52. The lowest BCUT2D eigenvalue weighted by Crippen LogP contribution is -2.50. The smallest absolute Gasteiger partial charge is 0.238 e. The van der Waals surface area contributed by atoms with Crippen molar-refractivity contribution < 1.29 is 19.8 Å². The molecule has 5 N–H and O–H groups in total. The van der Waals surface area contributed by atoms with Crippen molar-refractivity contribution in [1.82, 2.24) is 20.9 Å². The normalized spacial score (nSPS) is 12.2. The SMILES string of the molecule is CNCNC(=O)C(CCCCNC(=O)CCS)N(CCO)CCO. The largest absolute Gasteiger partial charge is 0.395 e. The number of carbonyl (C=O) groups is 2. The standard InChI is InChI=1S/C15H32N4O4S/c1-16-12-18-15(23)13(19(7-9-20)8-10-21)4-2-3-6-17-14(22)5-11-24/h13,16,20-21,24H,2-12H2,1H3,(H,17,22)(H,18,23). The number of hydrogen-bond donors (Lipinski definition) is 6. The van der Waals surface area contributed by atoms with Gasteiger partial charge in [0.15, 0.2) is 0 Å². The minimum absolute atomic E-state index is 0.0181. The Labute approximate surface area is 149 Å². The number of unbranched alkanes of at least 4 members (excludes halogenated alkanes) is 1. The van der Waals surface area contributed by atoms with E-state index in [-0.39, 0.29) is 25.0 Å². The molecular formula is C15H32N4O4S. The van der Waals surface area contributed by atoms with Gasteiger partial charge in [0, 0.05) is 26.1 Å². The first kappa shape index (κ1) is 23.1. The van der Waals surface area contributed by atoms with Gasteiger partial charge >= 0.3 is 0 Å². The zero-order valence-electron chi connectivity index (χ0n) is 14.5. The van der Waals surface area contributed by atoms with Gasteiger partial charge in [0.05, 0.1) is 25.9 Å². The van der Waals surface area contributed by atoms with E-state index in [0.717, 1.165) is 12.8 Å². The van der Waals surface area contributed by atoms with Crippen LogP contribution in [0.2, 0.25) is 0 Å². The van der Waals surface area contributed by atoms with Gasteiger partial charge in [0.2, 0.25) is 11.8 Å². The molecule has 0 saturated heterocycles. The van der Waals surface area contributed by atoms with Gasteiger partial charge in [0.1, 0.15) is 0 Å². The Hall–Kier alpha value is -0.870. The van der Waals surface area contributed by atoms with Crippen molar-refractivity contribution in [3.63, 3.8) is 0 Å². The van der Waals surface area contributed by atoms with Crippen LogP contribution in [0.25, 0.3) is 0 Å². The molecule has 0 bridgehead atoms. The van der Waals surface area contributed by atoms with Gasteiger partial charge in [-0.2, -0.15) is 12.6 Å². The molecule has 0 aliphatic heterocycles. The van der Waals surface area contributed by atoms with Crippen molar-refractivity contribution in [3.8, 4) is 0 Å². The zero-order chi connectivity index (χ0) is 18.2. The molecule has 0 radical (unpaired) electrons. The molecule has 0 heterocycles. The average molecular weight is 365 g/mol. The molecule has 24 heavy (non-hydrogen) atoms. The summed E-state index contributed by atoms with van der Waals surface area (Å²) < 4.78 is 0. The van der Waals surface area contributed by atoms with Gasteiger partial charge < -0.3 is 26.2 Å². The lowest BCUT2D eigenvalue weighted by Gasteiger charge is -2.29. The van der Waals surface area contributed by atoms with Crippen LogP contribution in [0.4, 0.5) is 0 Å². The molecule has 0 aliphatic rings. The van der Waals surface area contributed by atoms with E-state index in [1.165, 1.54) is 0 Å². The molecule has 0 aromatic carbocycles. The molecule has 1 unspecified atom stereocenters. The molecule has 0 aliphatic carbocycles. The molecule has 0 aromatic rings. The zero-order valence-corrected chi connectivity index (χ0v) is 15.4. The van der Waals surface area contributed by atoms with Crippen molar-refractivity contribution in [2.45, 2.75) is 31.7 Å². The fourth-order valence-corrected chi connectivity index (χ4v) is 2.54. The van der Waals surface area contributed by atoms with Crippen LogP contribution in [0.1, 0.15) is 25.7 Å². The van der Waals surface area contributed by atoms with Crippen LogP contribution in [-0.4, -0.2) is 85.3 Å². The number of rotatable bonds is 15. The number of nitrogens with one attached hydrogen (secondary N) is 3. The molecule has 8 nitrogen and oxygen atoms in total. The minimum atomic E-state index is -0.411. The summed E-state index contributed by atoms with van der Waals surface area (Å²) in [6, 6.07) is -0.411. The fourth-order valence-electron chi connectivity index (χ4n) is 2.33. The summed E-state index contributed by atoms with van der Waals surface area (Å²) in [5.41, 5.74) is 0. The molecule has 0 aromatic heterocycles. The van der Waals surface area contributed by atoms with E-state index in [1.54, 1.807) is 11.9 Å². The quantitative estimate of drug-likeness (QED) is 0.120. The Morgan fingerprint density at radius 1 is 1.12 bits per heavy atom. The number of aliphatic hydroxyl groups excluding tert-OH is 2. The van der Waals surface area contributed by atoms with Gasteiger partial charge in [-0.3, -0.25) is 14.5 Å². The fraction of sp³-hybridized carbons (Fsp3) is 0.867. The maximum atomic E-state index is 12.3. The lowest BCUT2D eigenvalue weighted by molar-refractivity contribution is -0.127. The van der Waals surface area contributed by atoms with Crippen LogP contribution in [0.15, 0.2) is 0 Å². The molecule has 0 fully saturated rings. The maximum absolute atomic E-state index is 12.3. The summed E-state index contributed by atoms with van der Waals surface area (Å²) in [5, 5.41) is 26.8. The summed E-state index contributed by atoms with van der Waals surface area (Å²) in [7, 11) is 1.74. The topological polar surface area (TPSA) is 114 Å². The summed E-state index contributed by atoms with van der Waals surface area (Å²) in [6.07, 6.45) is 2.52. The first-order valence-corrected chi connectivity index (χ1v) is 8.99. The minimum Gasteiger partial charge on any atom is -0.395 e. The molecule has 0 rings (SSSR count). The maximum Gasteiger partial charge on any atom is 0.238 e. The van der Waals surface area contributed by atoms with Crippen molar-refractivity contribution in [2.24, 2.45) is 0 Å². The number of amides is 2. The monoisotopic (exact) mass is 364 g/mol. The lowest BCUT2D eigenvalue weighted by atomic mass is 10.1. The van der Waals surface area contributed by atoms with Crippen molar-refractivity contribution in [3.05, 3.63) is 0 Å². The van der Waals surface area contributed by atoms with E-state index >= 15 is 0 Å². The molecule has 1 atom stereocenters. The molecule has 2 amide bonds. The molecule has 142 valence electrons. The van der Waals surface area contributed by atoms with E-state index in [0.29, 0.717) is 44.9 Å². The first-order chi connectivity index (χ1) is 11.6. The van der Waals surface area contributed by atoms with Gasteiger partial charge in [-0.05, 0) is 32.1 Å². The Morgan fingerprint density at radius 3 is 2.33 bits per heavy atom. The number of hydrogen-bond acceptors (Lipinski definition) is 7. The summed E-state index contributed by atoms with van der Waals surface area (Å²) in [6.45, 7) is 1.44. The third kappa shape index (κ3) is 10.8. The second-order valence-corrected chi connectivity index (χ2v) is 5.84. The van der Waals surface area contributed by atoms with E-state index in [4.69, 9.17) is 0 Å². The summed E-state index contributed by atoms with van der Waals surface area (Å²) >= 11 is 4.01. The number of aliphatic hydroxyl groups is 2. The highest BCUT2D eigenvalue weighted by atomic mass is 32.1. The predicted octanol–water partition coefficient (Wildman–Crippen LogP) is -1.46. The Balaban J connectivity index is 4.41. The Kier molecular flexibility index (Phi) is 15.1. The van der Waals surface area contributed by atoms with Crippen LogP contribution in [0.5, 0.6) is 0 Å². The predicted molar refractivity (Wildman–Crippen MR) is 96.9 cm³/mol. The van der Waals surface area contributed by atoms with Crippen LogP contribution >= 0.6 is 12.6 Å². The van der Waals surface area contributed by atoms with Gasteiger partial charge in [-0.25, -0.2) is 0 Å². The van der Waals surface area contributed by atoms with Crippen LogP contribution in [0, 0.1) is 0 Å². The summed E-state index contributed by atoms with van der Waals surface area (Å²) in [5.74, 6) is 0.373. The van der Waals surface area contributed by atoms with E-state index < -0.39 is 6.04 Å². The highest BCUT2D eigenvalue weighted by Gasteiger charge is 2.24. The second-order valence-electron chi connectivity index (χ2n) is 5.39. The highest BCUT2D eigenvalue weighted by molar-refractivity contribution is 7.80. The van der Waals surface area contributed by atoms with Crippen molar-refractivity contribution in [1.29, 1.82) is 0 Å². The highest BCUT2D eigenvalue weighted by Crippen LogP contribution is 2.09. The van der Waals surface area contributed by atoms with Gasteiger partial charge in [0.25, 0.3) is 0 Å². The molecule has 9 heteroatoms. The van der Waals surface area contributed by atoms with Crippen LogP contribution in [-0.2, 0) is 9.59 Å². The number of carbonyl (C=O) groups excluding carboxylic acids is 2. The number of thiol groups is 1. The van der Waals surface area contributed by atoms with Crippen LogP contribution in [0.3, 0.4) is 0 Å². The van der Waals surface area contributed by atoms with Gasteiger partial charge in [-0.1, -0.05) is 0 Å². The average Bonchev–Trinajstić information content (AvgIpc) is 2.56. The first-order valence-electron chi connectivity index (χ1n) is 8.36. The molecule has 0 saturated carbocycles. The molecule has 0 spiro atoms. The second kappa shape index (κ2) is 15.6. The third-order valence-corrected chi connectivity index (χ3v) is 3.75. The van der Waals surface area contributed by atoms with Gasteiger partial charge in [-0.15, -0.1) is 0 Å². The van der Waals surface area contributed by atoms with Crippen LogP contribution < -0.4 is 16.0 Å². The summed E-state index contributed by atoms with van der Waals surface area (Å²) in [4.78, 5) is 25.4. The van der Waals surface area contributed by atoms with Crippen molar-refractivity contribution in [2.75, 3.05) is 52.3 Å². The van der Waals surface area contributed by atoms with E-state index in [1.807, 2.05) is 0 Å². The Morgan fingerprint density at radius 2 is 1.79 bits per heavy atom. The van der Waals surface area contributed by atoms with E-state index in [9.17, 15) is 19.8 Å². The molecular weight excluding hydrogens is 332 g/mol. The number of nitrogens with zero attached hydrogens (tertiary/aromatic N) is 1. The van der Waals surface area contributed by atoms with Crippen molar-refractivity contribution >= 4 is 24.4 Å². The Bertz CT molecular complexity index is 341. The van der Waals surface area contributed by atoms with E-state index in [2.05, 4.69) is 28.6 Å².